The molecule has 0 aliphatic rings. The molecule has 17 heavy (non-hydrogen) atoms. The Kier molecular flexibility index (Phi) is 2.69. The van der Waals surface area contributed by atoms with Gasteiger partial charge in [0.15, 0.2) is 11.3 Å². The van der Waals surface area contributed by atoms with Crippen LogP contribution >= 0.6 is 15.9 Å². The van der Waals surface area contributed by atoms with Gasteiger partial charge in [-0.05, 0) is 28.1 Å². The van der Waals surface area contributed by atoms with Crippen molar-refractivity contribution >= 4 is 27.5 Å². The van der Waals surface area contributed by atoms with E-state index in [0.717, 1.165) is 5.69 Å². The largest absolute Gasteiger partial charge is 0.476 e. The van der Waals surface area contributed by atoms with E-state index in [4.69, 9.17) is 5.11 Å². The molecule has 0 radical (unpaired) electrons. The topological polar surface area (TPSA) is 67.5 Å². The first-order valence-corrected chi connectivity index (χ1v) is 5.89. The molecular formula is C11H12BrN3O2. The van der Waals surface area contributed by atoms with Gasteiger partial charge in [-0.25, -0.2) is 14.3 Å². The van der Waals surface area contributed by atoms with E-state index in [1.54, 1.807) is 6.07 Å². The van der Waals surface area contributed by atoms with Crippen LogP contribution in [0, 0.1) is 0 Å². The third kappa shape index (κ3) is 2.04. The maximum absolute atomic E-state index is 10.9. The molecule has 0 atom stereocenters. The van der Waals surface area contributed by atoms with Crippen LogP contribution in [0.2, 0.25) is 0 Å². The number of hydrogen-bond donors (Lipinski definition) is 1. The lowest BCUT2D eigenvalue weighted by Gasteiger charge is -2.17. The van der Waals surface area contributed by atoms with Crippen molar-refractivity contribution in [3.05, 3.63) is 28.1 Å². The Bertz CT molecular complexity index is 599. The van der Waals surface area contributed by atoms with Crippen molar-refractivity contribution in [2.24, 2.45) is 0 Å². The first-order chi connectivity index (χ1) is 7.80. The summed E-state index contributed by atoms with van der Waals surface area (Å²) in [7, 11) is 0. The second-order valence-electron chi connectivity index (χ2n) is 4.79. The molecule has 2 rings (SSSR count). The van der Waals surface area contributed by atoms with E-state index in [1.807, 2.05) is 26.8 Å². The molecule has 90 valence electrons. The van der Waals surface area contributed by atoms with Crippen LogP contribution in [0.3, 0.4) is 0 Å². The Morgan fingerprint density at radius 3 is 2.59 bits per heavy atom. The van der Waals surface area contributed by atoms with Gasteiger partial charge in [-0.15, -0.1) is 0 Å². The van der Waals surface area contributed by atoms with E-state index < -0.39 is 5.97 Å². The standard InChI is InChI=1S/C11H12BrN3O2/c1-11(2,3)6-4-5-7-13-8(10(16)17)9(12)15(7)14-6/h4-5H,1-3H3,(H,16,17). The van der Waals surface area contributed by atoms with Gasteiger partial charge >= 0.3 is 5.97 Å². The summed E-state index contributed by atoms with van der Waals surface area (Å²) >= 11 is 3.21. The molecule has 1 N–H and O–H groups in total. The molecule has 0 aromatic carbocycles. The van der Waals surface area contributed by atoms with Crippen LogP contribution in [0.25, 0.3) is 5.65 Å². The fourth-order valence-corrected chi connectivity index (χ4v) is 1.96. The number of rotatable bonds is 1. The summed E-state index contributed by atoms with van der Waals surface area (Å²) in [6.45, 7) is 6.14. The Hall–Kier alpha value is -1.43. The van der Waals surface area contributed by atoms with Crippen LogP contribution in [0.4, 0.5) is 0 Å². The fourth-order valence-electron chi connectivity index (χ4n) is 1.44. The number of fused-ring (bicyclic) bond motifs is 1. The molecule has 2 aromatic heterocycles. The summed E-state index contributed by atoms with van der Waals surface area (Å²) in [5.41, 5.74) is 1.27. The summed E-state index contributed by atoms with van der Waals surface area (Å²) < 4.78 is 1.87. The van der Waals surface area contributed by atoms with Crippen LogP contribution in [0.5, 0.6) is 0 Å². The summed E-state index contributed by atoms with van der Waals surface area (Å²) in [6, 6.07) is 3.63. The molecule has 0 aliphatic heterocycles. The molecule has 0 saturated carbocycles. The molecule has 0 bridgehead atoms. The van der Waals surface area contributed by atoms with E-state index in [1.165, 1.54) is 4.52 Å². The maximum Gasteiger partial charge on any atom is 0.357 e. The molecule has 6 heteroatoms. The SMILES string of the molecule is CC(C)(C)c1ccc2nc(C(=O)O)c(Br)n2n1. The van der Waals surface area contributed by atoms with Crippen molar-refractivity contribution in [1.29, 1.82) is 0 Å². The molecule has 0 aliphatic carbocycles. The van der Waals surface area contributed by atoms with E-state index in [9.17, 15) is 4.79 Å². The van der Waals surface area contributed by atoms with E-state index in [2.05, 4.69) is 26.0 Å². The van der Waals surface area contributed by atoms with E-state index >= 15 is 0 Å². The van der Waals surface area contributed by atoms with Crippen molar-refractivity contribution in [2.45, 2.75) is 26.2 Å². The molecule has 0 unspecified atom stereocenters. The van der Waals surface area contributed by atoms with Crippen LogP contribution in [0.1, 0.15) is 37.0 Å². The lowest BCUT2D eigenvalue weighted by Crippen LogP contribution is -2.15. The van der Waals surface area contributed by atoms with Crippen LogP contribution in [-0.4, -0.2) is 25.7 Å². The second kappa shape index (κ2) is 3.80. The van der Waals surface area contributed by atoms with Gasteiger partial charge in [-0.2, -0.15) is 5.10 Å². The molecule has 0 amide bonds. The molecular weight excluding hydrogens is 286 g/mol. The minimum Gasteiger partial charge on any atom is -0.476 e. The summed E-state index contributed by atoms with van der Waals surface area (Å²) in [4.78, 5) is 14.9. The third-order valence-corrected chi connectivity index (χ3v) is 3.11. The number of carbonyl (C=O) groups is 1. The second-order valence-corrected chi connectivity index (χ2v) is 5.55. The monoisotopic (exact) mass is 297 g/mol. The highest BCUT2D eigenvalue weighted by atomic mass is 79.9. The molecule has 0 fully saturated rings. The van der Waals surface area contributed by atoms with Crippen LogP contribution in [-0.2, 0) is 5.41 Å². The highest BCUT2D eigenvalue weighted by molar-refractivity contribution is 9.10. The predicted octanol–water partition coefficient (Wildman–Crippen LogP) is 2.49. The third-order valence-electron chi connectivity index (χ3n) is 2.39. The quantitative estimate of drug-likeness (QED) is 0.878. The Morgan fingerprint density at radius 1 is 1.41 bits per heavy atom. The number of carboxylic acids is 1. The summed E-state index contributed by atoms with van der Waals surface area (Å²) in [6.07, 6.45) is 0. The molecule has 5 nitrogen and oxygen atoms in total. The number of aromatic nitrogens is 3. The number of nitrogens with zero attached hydrogens (tertiary/aromatic N) is 3. The van der Waals surface area contributed by atoms with Gasteiger partial charge < -0.3 is 5.11 Å². The fraction of sp³-hybridized carbons (Fsp3) is 0.364. The maximum atomic E-state index is 10.9. The van der Waals surface area contributed by atoms with Crippen LogP contribution < -0.4 is 0 Å². The smallest absolute Gasteiger partial charge is 0.357 e. The number of aromatic carboxylic acids is 1. The van der Waals surface area contributed by atoms with Gasteiger partial charge in [0, 0.05) is 5.41 Å². The predicted molar refractivity (Wildman–Crippen MR) is 66.3 cm³/mol. The Labute approximate surface area is 107 Å². The van der Waals surface area contributed by atoms with E-state index in [0.29, 0.717) is 10.3 Å². The summed E-state index contributed by atoms with van der Waals surface area (Å²) in [5.74, 6) is -1.07. The highest BCUT2D eigenvalue weighted by Gasteiger charge is 2.20. The number of carboxylic acid groups (broad SMARTS) is 1. The van der Waals surface area contributed by atoms with Crippen molar-refractivity contribution in [1.82, 2.24) is 14.6 Å². The average molecular weight is 298 g/mol. The zero-order valence-corrected chi connectivity index (χ0v) is 11.3. The van der Waals surface area contributed by atoms with Gasteiger partial charge in [0.2, 0.25) is 0 Å². The molecule has 2 heterocycles. The van der Waals surface area contributed by atoms with Crippen molar-refractivity contribution in [3.8, 4) is 0 Å². The Balaban J connectivity index is 2.70. The summed E-state index contributed by atoms with van der Waals surface area (Å²) in [5, 5.41) is 13.4. The normalized spacial score (nSPS) is 12.0. The number of imidazole rings is 1. The highest BCUT2D eigenvalue weighted by Crippen LogP contribution is 2.23. The first kappa shape index (κ1) is 12.0. The van der Waals surface area contributed by atoms with Gasteiger partial charge in [0.05, 0.1) is 5.69 Å². The van der Waals surface area contributed by atoms with Crippen molar-refractivity contribution in [2.75, 3.05) is 0 Å². The molecule has 0 saturated heterocycles. The molecule has 0 spiro atoms. The number of hydrogen-bond acceptors (Lipinski definition) is 3. The Morgan fingerprint density at radius 2 is 2.06 bits per heavy atom. The van der Waals surface area contributed by atoms with Gasteiger partial charge in [0.1, 0.15) is 4.60 Å². The minimum absolute atomic E-state index is 0.0245. The minimum atomic E-state index is -1.07. The van der Waals surface area contributed by atoms with Crippen molar-refractivity contribution in [3.63, 3.8) is 0 Å². The lowest BCUT2D eigenvalue weighted by molar-refractivity contribution is 0.0690. The molecule has 2 aromatic rings. The zero-order valence-electron chi connectivity index (χ0n) is 9.73. The van der Waals surface area contributed by atoms with Crippen LogP contribution in [0.15, 0.2) is 16.7 Å². The van der Waals surface area contributed by atoms with Crippen molar-refractivity contribution < 1.29 is 9.90 Å². The average Bonchev–Trinajstić information content (AvgIpc) is 2.54. The van der Waals surface area contributed by atoms with Gasteiger partial charge in [-0.3, -0.25) is 0 Å². The first-order valence-electron chi connectivity index (χ1n) is 5.10. The number of halogens is 1. The van der Waals surface area contributed by atoms with Gasteiger partial charge in [0.25, 0.3) is 0 Å². The lowest BCUT2D eigenvalue weighted by atomic mass is 9.92. The zero-order chi connectivity index (χ0) is 12.8. The van der Waals surface area contributed by atoms with Gasteiger partial charge in [-0.1, -0.05) is 20.8 Å². The van der Waals surface area contributed by atoms with E-state index in [-0.39, 0.29) is 11.1 Å².